The second-order valence-electron chi connectivity index (χ2n) is 2.77. The average Bonchev–Trinajstić information content (AvgIpc) is 2.11. The first kappa shape index (κ1) is 12.2. The zero-order valence-electron chi connectivity index (χ0n) is 7.58. The van der Waals surface area contributed by atoms with E-state index in [9.17, 15) is 12.8 Å². The SMILES string of the molecule is CS(=O)(=O)Nc1ccc(C#N)c(I)c1F. The van der Waals surface area contributed by atoms with Crippen molar-refractivity contribution >= 4 is 38.3 Å². The third-order valence-corrected chi connectivity index (χ3v) is 3.14. The average molecular weight is 340 g/mol. The zero-order valence-corrected chi connectivity index (χ0v) is 10.6. The predicted octanol–water partition coefficient (Wildman–Crippen LogP) is 1.67. The molecule has 80 valence electrons. The number of hydrogen-bond acceptors (Lipinski definition) is 3. The zero-order chi connectivity index (χ0) is 11.6. The largest absolute Gasteiger partial charge is 0.281 e. The van der Waals surface area contributed by atoms with Crippen LogP contribution in [0.4, 0.5) is 10.1 Å². The molecule has 0 atom stereocenters. The number of benzene rings is 1. The Labute approximate surface area is 100 Å². The summed E-state index contributed by atoms with van der Waals surface area (Å²) in [5.41, 5.74) is 0.0213. The van der Waals surface area contributed by atoms with E-state index in [2.05, 4.69) is 0 Å². The van der Waals surface area contributed by atoms with Crippen molar-refractivity contribution < 1.29 is 12.8 Å². The number of hydrogen-bond donors (Lipinski definition) is 1. The maximum atomic E-state index is 13.5. The molecule has 1 aromatic carbocycles. The maximum Gasteiger partial charge on any atom is 0.229 e. The molecule has 0 aliphatic rings. The molecule has 0 aromatic heterocycles. The lowest BCUT2D eigenvalue weighted by molar-refractivity contribution is 0.602. The van der Waals surface area contributed by atoms with E-state index in [0.29, 0.717) is 0 Å². The molecular weight excluding hydrogens is 334 g/mol. The van der Waals surface area contributed by atoms with E-state index in [1.54, 1.807) is 28.7 Å². The van der Waals surface area contributed by atoms with Crippen LogP contribution in [0.25, 0.3) is 0 Å². The fraction of sp³-hybridized carbons (Fsp3) is 0.125. The molecule has 0 radical (unpaired) electrons. The quantitative estimate of drug-likeness (QED) is 0.833. The molecule has 0 aliphatic carbocycles. The first-order valence-corrected chi connectivity index (χ1v) is 6.68. The van der Waals surface area contributed by atoms with Gasteiger partial charge < -0.3 is 0 Å². The van der Waals surface area contributed by atoms with Crippen molar-refractivity contribution in [3.63, 3.8) is 0 Å². The summed E-state index contributed by atoms with van der Waals surface area (Å²) in [4.78, 5) is 0. The van der Waals surface area contributed by atoms with Crippen LogP contribution in [-0.2, 0) is 10.0 Å². The summed E-state index contributed by atoms with van der Waals surface area (Å²) in [6, 6.07) is 4.38. The van der Waals surface area contributed by atoms with E-state index in [1.165, 1.54) is 12.1 Å². The third-order valence-electron chi connectivity index (χ3n) is 1.50. The fourth-order valence-corrected chi connectivity index (χ4v) is 2.06. The molecule has 0 spiro atoms. The van der Waals surface area contributed by atoms with Crippen molar-refractivity contribution in [2.45, 2.75) is 0 Å². The summed E-state index contributed by atoms with van der Waals surface area (Å²) in [6.07, 6.45) is 0.928. The van der Waals surface area contributed by atoms with Gasteiger partial charge in [0.1, 0.15) is 6.07 Å². The number of nitrogens with one attached hydrogen (secondary N) is 1. The highest BCUT2D eigenvalue weighted by atomic mass is 127. The molecule has 0 amide bonds. The topological polar surface area (TPSA) is 70.0 Å². The lowest BCUT2D eigenvalue weighted by Crippen LogP contribution is -2.11. The van der Waals surface area contributed by atoms with Crippen molar-refractivity contribution in [2.75, 3.05) is 11.0 Å². The van der Waals surface area contributed by atoms with E-state index in [4.69, 9.17) is 5.26 Å². The molecule has 0 aliphatic heterocycles. The minimum Gasteiger partial charge on any atom is -0.281 e. The Morgan fingerprint density at radius 2 is 2.13 bits per heavy atom. The maximum absolute atomic E-state index is 13.5. The van der Waals surface area contributed by atoms with Crippen molar-refractivity contribution in [2.24, 2.45) is 0 Å². The highest BCUT2D eigenvalue weighted by Crippen LogP contribution is 2.23. The lowest BCUT2D eigenvalue weighted by atomic mass is 10.2. The van der Waals surface area contributed by atoms with Crippen molar-refractivity contribution in [1.29, 1.82) is 5.26 Å². The Hall–Kier alpha value is -0.880. The molecule has 1 rings (SSSR count). The summed E-state index contributed by atoms with van der Waals surface area (Å²) >= 11 is 1.65. The summed E-state index contributed by atoms with van der Waals surface area (Å²) < 4.78 is 37.4. The van der Waals surface area contributed by atoms with Gasteiger partial charge in [-0.25, -0.2) is 12.8 Å². The lowest BCUT2D eigenvalue weighted by Gasteiger charge is -2.06. The predicted molar refractivity (Wildman–Crippen MR) is 62.3 cm³/mol. The van der Waals surface area contributed by atoms with Crippen LogP contribution >= 0.6 is 22.6 Å². The molecule has 0 fully saturated rings. The summed E-state index contributed by atoms with van der Waals surface area (Å²) in [7, 11) is -3.51. The van der Waals surface area contributed by atoms with Gasteiger partial charge in [-0.3, -0.25) is 4.72 Å². The second kappa shape index (κ2) is 4.32. The van der Waals surface area contributed by atoms with Crippen molar-refractivity contribution in [3.05, 3.63) is 27.1 Å². The van der Waals surface area contributed by atoms with Crippen LogP contribution in [0.2, 0.25) is 0 Å². The molecule has 15 heavy (non-hydrogen) atoms. The number of rotatable bonds is 2. The van der Waals surface area contributed by atoms with Crippen LogP contribution in [0.1, 0.15) is 5.56 Å². The smallest absolute Gasteiger partial charge is 0.229 e. The molecule has 0 bridgehead atoms. The second-order valence-corrected chi connectivity index (χ2v) is 5.60. The molecule has 7 heteroatoms. The van der Waals surface area contributed by atoms with E-state index < -0.39 is 15.8 Å². The van der Waals surface area contributed by atoms with Gasteiger partial charge in [0, 0.05) is 0 Å². The normalized spacial score (nSPS) is 10.8. The van der Waals surface area contributed by atoms with E-state index >= 15 is 0 Å². The van der Waals surface area contributed by atoms with Crippen LogP contribution in [-0.4, -0.2) is 14.7 Å². The Balaban J connectivity index is 3.26. The van der Waals surface area contributed by atoms with Crippen LogP contribution < -0.4 is 4.72 Å². The van der Waals surface area contributed by atoms with Gasteiger partial charge in [-0.1, -0.05) is 0 Å². The molecule has 0 heterocycles. The molecule has 0 saturated heterocycles. The monoisotopic (exact) mass is 340 g/mol. The molecule has 0 saturated carbocycles. The number of nitriles is 1. The van der Waals surface area contributed by atoms with Crippen LogP contribution in [0, 0.1) is 20.7 Å². The molecule has 1 aromatic rings. The van der Waals surface area contributed by atoms with Gasteiger partial charge in [0.15, 0.2) is 5.82 Å². The van der Waals surface area contributed by atoms with E-state index in [-0.39, 0.29) is 14.8 Å². The Bertz CT molecular complexity index is 536. The third kappa shape index (κ3) is 3.04. The minimum atomic E-state index is -3.51. The molecule has 4 nitrogen and oxygen atoms in total. The van der Waals surface area contributed by atoms with E-state index in [0.717, 1.165) is 6.26 Å². The Kier molecular flexibility index (Phi) is 3.51. The van der Waals surface area contributed by atoms with Crippen LogP contribution in [0.15, 0.2) is 12.1 Å². The van der Waals surface area contributed by atoms with Crippen LogP contribution in [0.3, 0.4) is 0 Å². The Morgan fingerprint density at radius 1 is 1.53 bits per heavy atom. The van der Waals surface area contributed by atoms with Gasteiger partial charge in [0.05, 0.1) is 21.1 Å². The summed E-state index contributed by atoms with van der Waals surface area (Å²) in [5.74, 6) is -0.736. The van der Waals surface area contributed by atoms with Crippen molar-refractivity contribution in [1.82, 2.24) is 0 Å². The highest BCUT2D eigenvalue weighted by molar-refractivity contribution is 14.1. The highest BCUT2D eigenvalue weighted by Gasteiger charge is 2.13. The summed E-state index contributed by atoms with van der Waals surface area (Å²) in [6.45, 7) is 0. The van der Waals surface area contributed by atoms with Gasteiger partial charge in [-0.05, 0) is 34.7 Å². The molecule has 1 N–H and O–H groups in total. The van der Waals surface area contributed by atoms with Crippen molar-refractivity contribution in [3.8, 4) is 6.07 Å². The fourth-order valence-electron chi connectivity index (χ4n) is 0.914. The van der Waals surface area contributed by atoms with Gasteiger partial charge in [-0.2, -0.15) is 5.26 Å². The van der Waals surface area contributed by atoms with Gasteiger partial charge in [0.25, 0.3) is 0 Å². The minimum absolute atomic E-state index is 0.101. The number of sulfonamides is 1. The van der Waals surface area contributed by atoms with Gasteiger partial charge in [0.2, 0.25) is 10.0 Å². The van der Waals surface area contributed by atoms with Gasteiger partial charge in [-0.15, -0.1) is 0 Å². The number of halogens is 2. The number of nitrogens with zero attached hydrogens (tertiary/aromatic N) is 1. The van der Waals surface area contributed by atoms with Crippen LogP contribution in [0.5, 0.6) is 0 Å². The Morgan fingerprint density at radius 3 is 2.60 bits per heavy atom. The first-order valence-electron chi connectivity index (χ1n) is 3.71. The number of anilines is 1. The van der Waals surface area contributed by atoms with Gasteiger partial charge >= 0.3 is 0 Å². The standard InChI is InChI=1S/C8H6FIN2O2S/c1-15(13,14)12-6-3-2-5(4-11)8(10)7(6)9/h2-3,12H,1H3. The molecule has 0 unspecified atom stereocenters. The first-order chi connectivity index (χ1) is 6.85. The molecular formula is C8H6FIN2O2S. The van der Waals surface area contributed by atoms with E-state index in [1.807, 2.05) is 4.72 Å². The summed E-state index contributed by atoms with van der Waals surface area (Å²) in [5, 5.41) is 8.61.